The van der Waals surface area contributed by atoms with E-state index < -0.39 is 17.4 Å². The molecule has 1 fully saturated rings. The number of aromatic nitrogens is 4. The van der Waals surface area contributed by atoms with Crippen molar-refractivity contribution >= 4 is 28.5 Å². The number of nitrogens with zero attached hydrogens (tertiary/aromatic N) is 3. The second-order valence-corrected chi connectivity index (χ2v) is 7.39. The molecular formula is C22H19N5O4. The number of aryl methyl sites for hydroxylation is 1. The molecule has 0 bridgehead atoms. The number of benzene rings is 2. The van der Waals surface area contributed by atoms with Gasteiger partial charge < -0.3 is 9.72 Å². The fourth-order valence-corrected chi connectivity index (χ4v) is 4.02. The van der Waals surface area contributed by atoms with E-state index in [1.54, 1.807) is 38.3 Å². The number of carbonyl (C=O) groups is 2. The number of imidazole rings is 1. The summed E-state index contributed by atoms with van der Waals surface area (Å²) in [6, 6.07) is 14.1. The zero-order valence-electron chi connectivity index (χ0n) is 16.9. The molecule has 0 spiro atoms. The molecule has 31 heavy (non-hydrogen) atoms. The van der Waals surface area contributed by atoms with Crippen LogP contribution in [0.1, 0.15) is 23.6 Å². The fraction of sp³-hybridized carbons (Fsp3) is 0.182. The first-order valence-electron chi connectivity index (χ1n) is 9.75. The number of H-pyrrole nitrogens is 2. The third-order valence-electron chi connectivity index (χ3n) is 5.53. The number of amides is 2. The Hall–Kier alpha value is -4.14. The predicted molar refractivity (Wildman–Crippen MR) is 114 cm³/mol. The summed E-state index contributed by atoms with van der Waals surface area (Å²) in [6.45, 7) is 1.71. The van der Waals surface area contributed by atoms with E-state index in [2.05, 4.69) is 15.1 Å². The number of aromatic amines is 2. The van der Waals surface area contributed by atoms with Crippen LogP contribution < -0.4 is 15.2 Å². The lowest BCUT2D eigenvalue weighted by Gasteiger charge is -2.15. The van der Waals surface area contributed by atoms with Crippen LogP contribution in [0.3, 0.4) is 0 Å². The number of methoxy groups -OCH3 is 1. The standard InChI is InChI=1S/C22H19N5O4/c1-12-19(21(30)27(25-12)22-23-16-5-3-4-6-17(16)24-22)15-11-18(28)26(20(15)29)13-7-9-14(31-2)10-8-13/h3-10,15,25H,11H2,1-2H3,(H,23,24)/t15-/m1/s1. The molecule has 5 rings (SSSR count). The Morgan fingerprint density at radius 2 is 1.81 bits per heavy atom. The predicted octanol–water partition coefficient (Wildman–Crippen LogP) is 2.41. The summed E-state index contributed by atoms with van der Waals surface area (Å²) in [5.41, 5.74) is 2.35. The van der Waals surface area contributed by atoms with E-state index in [9.17, 15) is 14.4 Å². The summed E-state index contributed by atoms with van der Waals surface area (Å²) in [7, 11) is 1.54. The molecule has 2 amide bonds. The van der Waals surface area contributed by atoms with Gasteiger partial charge in [0.25, 0.3) is 5.56 Å². The maximum Gasteiger partial charge on any atom is 0.278 e. The van der Waals surface area contributed by atoms with Crippen molar-refractivity contribution in [3.8, 4) is 11.7 Å². The smallest absolute Gasteiger partial charge is 0.278 e. The van der Waals surface area contributed by atoms with Crippen molar-refractivity contribution in [3.05, 3.63) is 70.1 Å². The Labute approximate surface area is 176 Å². The highest BCUT2D eigenvalue weighted by Crippen LogP contribution is 2.33. The lowest BCUT2D eigenvalue weighted by Crippen LogP contribution is -2.31. The average molecular weight is 417 g/mol. The van der Waals surface area contributed by atoms with E-state index in [1.807, 2.05) is 24.3 Å². The quantitative estimate of drug-likeness (QED) is 0.495. The topological polar surface area (TPSA) is 113 Å². The molecule has 2 aromatic carbocycles. The van der Waals surface area contributed by atoms with Crippen LogP contribution in [0.4, 0.5) is 5.69 Å². The van der Waals surface area contributed by atoms with E-state index >= 15 is 0 Å². The normalized spacial score (nSPS) is 16.5. The van der Waals surface area contributed by atoms with Crippen LogP contribution in [0.25, 0.3) is 17.0 Å². The zero-order chi connectivity index (χ0) is 21.7. The van der Waals surface area contributed by atoms with Gasteiger partial charge in [-0.1, -0.05) is 12.1 Å². The Kier molecular flexibility index (Phi) is 4.25. The molecule has 4 aromatic rings. The fourth-order valence-electron chi connectivity index (χ4n) is 4.02. The van der Waals surface area contributed by atoms with Crippen molar-refractivity contribution in [1.82, 2.24) is 19.7 Å². The Morgan fingerprint density at radius 3 is 2.52 bits per heavy atom. The molecule has 1 atom stereocenters. The van der Waals surface area contributed by atoms with Gasteiger partial charge in [0.1, 0.15) is 5.75 Å². The van der Waals surface area contributed by atoms with Crippen LogP contribution in [-0.4, -0.2) is 38.7 Å². The molecule has 0 unspecified atom stereocenters. The van der Waals surface area contributed by atoms with Crippen molar-refractivity contribution < 1.29 is 14.3 Å². The number of para-hydroxylation sites is 2. The number of nitrogens with one attached hydrogen (secondary N) is 2. The molecule has 0 radical (unpaired) electrons. The number of fused-ring (bicyclic) bond motifs is 1. The third-order valence-corrected chi connectivity index (χ3v) is 5.53. The molecule has 9 heteroatoms. The number of rotatable bonds is 4. The van der Waals surface area contributed by atoms with Crippen molar-refractivity contribution in [3.63, 3.8) is 0 Å². The molecule has 9 nitrogen and oxygen atoms in total. The van der Waals surface area contributed by atoms with E-state index in [4.69, 9.17) is 4.74 Å². The van der Waals surface area contributed by atoms with Gasteiger partial charge in [-0.3, -0.25) is 19.5 Å². The maximum absolute atomic E-state index is 13.2. The number of hydrogen-bond acceptors (Lipinski definition) is 5. The van der Waals surface area contributed by atoms with Crippen LogP contribution in [-0.2, 0) is 9.59 Å². The van der Waals surface area contributed by atoms with Crippen LogP contribution in [0.15, 0.2) is 53.3 Å². The lowest BCUT2D eigenvalue weighted by molar-refractivity contribution is -0.121. The SMILES string of the molecule is COc1ccc(N2C(=O)C[C@H](c3c(C)[nH]n(-c4nc5ccccc5[nH]4)c3=O)C2=O)cc1. The third kappa shape index (κ3) is 2.93. The van der Waals surface area contributed by atoms with Gasteiger partial charge in [0, 0.05) is 12.1 Å². The zero-order valence-corrected chi connectivity index (χ0v) is 16.9. The van der Waals surface area contributed by atoms with Crippen molar-refractivity contribution in [2.75, 3.05) is 12.0 Å². The number of hydrogen-bond donors (Lipinski definition) is 2. The molecule has 1 aliphatic heterocycles. The van der Waals surface area contributed by atoms with Gasteiger partial charge in [-0.15, -0.1) is 0 Å². The number of carbonyl (C=O) groups excluding carboxylic acids is 2. The second-order valence-electron chi connectivity index (χ2n) is 7.39. The summed E-state index contributed by atoms with van der Waals surface area (Å²) in [6.07, 6.45) is -0.0705. The monoisotopic (exact) mass is 417 g/mol. The summed E-state index contributed by atoms with van der Waals surface area (Å²) in [4.78, 5) is 47.7. The molecule has 3 heterocycles. The van der Waals surface area contributed by atoms with E-state index in [0.717, 1.165) is 15.9 Å². The van der Waals surface area contributed by atoms with Gasteiger partial charge in [0.05, 0.1) is 35.3 Å². The number of imide groups is 1. The van der Waals surface area contributed by atoms with Gasteiger partial charge in [-0.25, -0.2) is 9.88 Å². The molecule has 1 saturated heterocycles. The minimum Gasteiger partial charge on any atom is -0.497 e. The molecule has 156 valence electrons. The van der Waals surface area contributed by atoms with Crippen molar-refractivity contribution in [1.29, 1.82) is 0 Å². The first-order chi connectivity index (χ1) is 15.0. The molecular weight excluding hydrogens is 398 g/mol. The average Bonchev–Trinajstić information content (AvgIpc) is 3.41. The van der Waals surface area contributed by atoms with Gasteiger partial charge in [0.15, 0.2) is 0 Å². The minimum absolute atomic E-state index is 0.0705. The molecule has 0 aliphatic carbocycles. The summed E-state index contributed by atoms with van der Waals surface area (Å²) in [5.74, 6) is -0.690. The van der Waals surface area contributed by atoms with E-state index in [-0.39, 0.29) is 17.9 Å². The summed E-state index contributed by atoms with van der Waals surface area (Å²) < 4.78 is 6.40. The summed E-state index contributed by atoms with van der Waals surface area (Å²) in [5, 5.41) is 2.98. The molecule has 2 N–H and O–H groups in total. The van der Waals surface area contributed by atoms with Crippen LogP contribution in [0.2, 0.25) is 0 Å². The van der Waals surface area contributed by atoms with Crippen molar-refractivity contribution in [2.24, 2.45) is 0 Å². The Balaban J connectivity index is 1.52. The largest absolute Gasteiger partial charge is 0.497 e. The number of ether oxygens (including phenoxy) is 1. The summed E-state index contributed by atoms with van der Waals surface area (Å²) >= 11 is 0. The highest BCUT2D eigenvalue weighted by molar-refractivity contribution is 6.22. The van der Waals surface area contributed by atoms with E-state index in [1.165, 1.54) is 4.68 Å². The number of anilines is 1. The lowest BCUT2D eigenvalue weighted by atomic mass is 9.98. The van der Waals surface area contributed by atoms with Crippen LogP contribution in [0, 0.1) is 6.92 Å². The maximum atomic E-state index is 13.2. The first-order valence-corrected chi connectivity index (χ1v) is 9.75. The van der Waals surface area contributed by atoms with Crippen LogP contribution in [0.5, 0.6) is 5.75 Å². The first kappa shape index (κ1) is 18.9. The van der Waals surface area contributed by atoms with E-state index in [0.29, 0.717) is 23.1 Å². The highest BCUT2D eigenvalue weighted by Gasteiger charge is 2.43. The Bertz CT molecular complexity index is 1350. The highest BCUT2D eigenvalue weighted by atomic mass is 16.5. The Morgan fingerprint density at radius 1 is 1.06 bits per heavy atom. The second kappa shape index (κ2) is 6.98. The molecule has 2 aromatic heterocycles. The van der Waals surface area contributed by atoms with Gasteiger partial charge >= 0.3 is 0 Å². The van der Waals surface area contributed by atoms with Gasteiger partial charge in [-0.2, -0.15) is 4.68 Å². The van der Waals surface area contributed by atoms with Crippen molar-refractivity contribution in [2.45, 2.75) is 19.3 Å². The molecule has 0 saturated carbocycles. The van der Waals surface area contributed by atoms with Gasteiger partial charge in [-0.05, 0) is 43.3 Å². The van der Waals surface area contributed by atoms with Gasteiger partial charge in [0.2, 0.25) is 17.8 Å². The minimum atomic E-state index is -0.857. The molecule has 1 aliphatic rings. The van der Waals surface area contributed by atoms with Crippen LogP contribution >= 0.6 is 0 Å².